The van der Waals surface area contributed by atoms with Crippen LogP contribution in [0.25, 0.3) is 0 Å². The molecule has 0 saturated heterocycles. The second-order valence-corrected chi connectivity index (χ2v) is 6.45. The van der Waals surface area contributed by atoms with Crippen molar-refractivity contribution in [2.24, 2.45) is 5.92 Å². The quantitative estimate of drug-likeness (QED) is 0.873. The van der Waals surface area contributed by atoms with Gasteiger partial charge in [-0.05, 0) is 25.2 Å². The van der Waals surface area contributed by atoms with Crippen LogP contribution in [0.2, 0.25) is 0 Å². The highest BCUT2D eigenvalue weighted by Crippen LogP contribution is 2.35. The second-order valence-electron chi connectivity index (χ2n) is 5.45. The summed E-state index contributed by atoms with van der Waals surface area (Å²) in [6.45, 7) is 8.50. The van der Waals surface area contributed by atoms with Crippen molar-refractivity contribution < 1.29 is 4.79 Å². The van der Waals surface area contributed by atoms with E-state index in [0.29, 0.717) is 0 Å². The lowest BCUT2D eigenvalue weighted by molar-refractivity contribution is -0.117. The van der Waals surface area contributed by atoms with Gasteiger partial charge in [0, 0.05) is 10.8 Å². The average molecular weight is 254 g/mol. The number of hydrogen-bond donors (Lipinski definition) is 1. The van der Waals surface area contributed by atoms with E-state index < -0.39 is 0 Å². The van der Waals surface area contributed by atoms with Crippen LogP contribution < -0.4 is 5.32 Å². The van der Waals surface area contributed by atoms with Gasteiger partial charge in [-0.25, -0.2) is 4.98 Å². The molecule has 0 radical (unpaired) electrons. The molecule has 1 aliphatic rings. The zero-order valence-corrected chi connectivity index (χ0v) is 11.1. The molecule has 0 atom stereocenters. The maximum Gasteiger partial charge on any atom is 0.229 e. The third-order valence-electron chi connectivity index (χ3n) is 2.66. The summed E-state index contributed by atoms with van der Waals surface area (Å²) in [6.07, 6.45) is 2.06. The molecule has 0 aromatic carbocycles. The molecular weight excluding hydrogens is 232 g/mol. The van der Waals surface area contributed by atoms with Gasteiger partial charge in [-0.1, -0.05) is 28.2 Å². The molecule has 17 heavy (non-hydrogen) atoms. The normalized spacial score (nSPS) is 15.3. The Morgan fingerprint density at radius 3 is 2.41 bits per heavy atom. The highest BCUT2D eigenvalue weighted by molar-refractivity contribution is 7.16. The Balaban J connectivity index is 0.00000144. The first-order chi connectivity index (χ1) is 7.38. The maximum atomic E-state index is 11.6. The Morgan fingerprint density at radius 1 is 1.41 bits per heavy atom. The van der Waals surface area contributed by atoms with Crippen molar-refractivity contribution in [1.29, 1.82) is 0 Å². The zero-order valence-electron chi connectivity index (χ0n) is 10.3. The van der Waals surface area contributed by atoms with Crippen molar-refractivity contribution >= 4 is 22.4 Å². The van der Waals surface area contributed by atoms with Crippen LogP contribution in [-0.2, 0) is 10.2 Å². The summed E-state index contributed by atoms with van der Waals surface area (Å²) in [5, 5.41) is 3.66. The molecule has 96 valence electrons. The molecular formula is C13H22N2OS. The van der Waals surface area contributed by atoms with Crippen LogP contribution in [-0.4, -0.2) is 10.9 Å². The Hall–Kier alpha value is -0.900. The van der Waals surface area contributed by atoms with E-state index in [2.05, 4.69) is 31.1 Å². The van der Waals surface area contributed by atoms with E-state index >= 15 is 0 Å². The molecule has 1 aliphatic carbocycles. The van der Waals surface area contributed by atoms with Crippen molar-refractivity contribution in [3.8, 4) is 0 Å². The summed E-state index contributed by atoms with van der Waals surface area (Å²) in [6, 6.07) is 0. The molecule has 0 aliphatic heterocycles. The molecule has 1 aromatic rings. The number of carbonyl (C=O) groups excluding carboxylic acids is 1. The Morgan fingerprint density at radius 2 is 2.00 bits per heavy atom. The Bertz CT molecular complexity index is 414. The minimum absolute atomic E-state index is 0. The molecule has 2 rings (SSSR count). The van der Waals surface area contributed by atoms with Gasteiger partial charge in [0.05, 0.1) is 5.69 Å². The number of anilines is 1. The van der Waals surface area contributed by atoms with Crippen LogP contribution in [0.1, 0.15) is 51.6 Å². The van der Waals surface area contributed by atoms with Crippen molar-refractivity contribution in [2.75, 3.05) is 5.32 Å². The number of carbonyl (C=O) groups is 1. The van der Waals surface area contributed by atoms with Gasteiger partial charge in [0.1, 0.15) is 0 Å². The molecule has 1 saturated carbocycles. The predicted octanol–water partition coefficient (Wildman–Crippen LogP) is 3.73. The number of hydrogen-bond acceptors (Lipinski definition) is 3. The van der Waals surface area contributed by atoms with E-state index in [0.717, 1.165) is 23.7 Å². The lowest BCUT2D eigenvalue weighted by Gasteiger charge is -2.16. The fourth-order valence-electron chi connectivity index (χ4n) is 1.70. The van der Waals surface area contributed by atoms with Gasteiger partial charge in [0.2, 0.25) is 5.91 Å². The van der Waals surface area contributed by atoms with Crippen LogP contribution in [0, 0.1) is 12.8 Å². The topological polar surface area (TPSA) is 42.0 Å². The lowest BCUT2D eigenvalue weighted by Crippen LogP contribution is -2.12. The van der Waals surface area contributed by atoms with E-state index in [4.69, 9.17) is 0 Å². The Kier molecular flexibility index (Phi) is 3.97. The molecule has 0 bridgehead atoms. The largest absolute Gasteiger partial charge is 0.302 e. The fourth-order valence-corrected chi connectivity index (χ4v) is 2.73. The Labute approximate surface area is 108 Å². The van der Waals surface area contributed by atoms with E-state index in [9.17, 15) is 4.79 Å². The summed E-state index contributed by atoms with van der Waals surface area (Å²) in [7, 11) is 0. The van der Waals surface area contributed by atoms with Gasteiger partial charge in [0.25, 0.3) is 0 Å². The number of amides is 1. The molecule has 1 fully saturated rings. The number of thiazole rings is 1. The highest BCUT2D eigenvalue weighted by atomic mass is 32.1. The molecule has 1 aromatic heterocycles. The zero-order chi connectivity index (χ0) is 11.9. The molecule has 1 heterocycles. The van der Waals surface area contributed by atoms with Crippen LogP contribution in [0.15, 0.2) is 0 Å². The minimum atomic E-state index is 0. The van der Waals surface area contributed by atoms with Crippen LogP contribution >= 0.6 is 11.3 Å². The highest BCUT2D eigenvalue weighted by Gasteiger charge is 2.30. The molecule has 1 amide bonds. The van der Waals surface area contributed by atoms with Gasteiger partial charge in [-0.2, -0.15) is 0 Å². The number of aryl methyl sites for hydroxylation is 1. The van der Waals surface area contributed by atoms with Gasteiger partial charge < -0.3 is 5.32 Å². The van der Waals surface area contributed by atoms with Gasteiger partial charge >= 0.3 is 0 Å². The smallest absolute Gasteiger partial charge is 0.229 e. The predicted molar refractivity (Wildman–Crippen MR) is 73.6 cm³/mol. The van der Waals surface area contributed by atoms with Gasteiger partial charge in [-0.3, -0.25) is 4.79 Å². The number of nitrogens with one attached hydrogen (secondary N) is 1. The van der Waals surface area contributed by atoms with E-state index in [1.807, 2.05) is 6.92 Å². The fraction of sp³-hybridized carbons (Fsp3) is 0.692. The van der Waals surface area contributed by atoms with Crippen molar-refractivity contribution in [3.63, 3.8) is 0 Å². The molecule has 0 spiro atoms. The van der Waals surface area contributed by atoms with E-state index in [-0.39, 0.29) is 24.7 Å². The number of aromatic nitrogens is 1. The molecule has 4 heteroatoms. The van der Waals surface area contributed by atoms with E-state index in [1.165, 1.54) is 4.88 Å². The standard InChI is InChI=1S/C12H18N2OS.CH4/c1-7-9(12(2,3)4)16-11(13-7)14-10(15)8-5-6-8;/h8H,5-6H2,1-4H3,(H,13,14,15);1H4. The summed E-state index contributed by atoms with van der Waals surface area (Å²) in [4.78, 5) is 17.3. The van der Waals surface area contributed by atoms with Gasteiger partial charge in [0.15, 0.2) is 5.13 Å². The van der Waals surface area contributed by atoms with Crippen molar-refractivity contribution in [2.45, 2.75) is 53.4 Å². The number of rotatable bonds is 2. The third-order valence-corrected chi connectivity index (χ3v) is 4.15. The van der Waals surface area contributed by atoms with Crippen LogP contribution in [0.4, 0.5) is 5.13 Å². The van der Waals surface area contributed by atoms with Crippen molar-refractivity contribution in [1.82, 2.24) is 4.98 Å². The monoisotopic (exact) mass is 254 g/mol. The molecule has 0 unspecified atom stereocenters. The minimum Gasteiger partial charge on any atom is -0.302 e. The second kappa shape index (κ2) is 4.77. The first-order valence-electron chi connectivity index (χ1n) is 5.66. The SMILES string of the molecule is C.Cc1nc(NC(=O)C2CC2)sc1C(C)(C)C. The van der Waals surface area contributed by atoms with Crippen molar-refractivity contribution in [3.05, 3.63) is 10.6 Å². The average Bonchev–Trinajstić information content (AvgIpc) is 2.90. The molecule has 3 nitrogen and oxygen atoms in total. The summed E-state index contributed by atoms with van der Waals surface area (Å²) >= 11 is 1.60. The summed E-state index contributed by atoms with van der Waals surface area (Å²) in [5.41, 5.74) is 1.13. The van der Waals surface area contributed by atoms with Crippen LogP contribution in [0.5, 0.6) is 0 Å². The first kappa shape index (κ1) is 14.2. The van der Waals surface area contributed by atoms with E-state index in [1.54, 1.807) is 11.3 Å². The third kappa shape index (κ3) is 3.28. The summed E-state index contributed by atoms with van der Waals surface area (Å²) in [5.74, 6) is 0.372. The van der Waals surface area contributed by atoms with Crippen LogP contribution in [0.3, 0.4) is 0 Å². The molecule has 1 N–H and O–H groups in total. The summed E-state index contributed by atoms with van der Waals surface area (Å²) < 4.78 is 0. The maximum absolute atomic E-state index is 11.6. The first-order valence-corrected chi connectivity index (χ1v) is 6.48. The lowest BCUT2D eigenvalue weighted by atomic mass is 9.94. The van der Waals surface area contributed by atoms with Gasteiger partial charge in [-0.15, -0.1) is 11.3 Å². The number of nitrogens with zero attached hydrogens (tertiary/aromatic N) is 1.